The number of amides is 2. The van der Waals surface area contributed by atoms with Crippen LogP contribution in [0.15, 0.2) is 17.2 Å². The molecule has 1 heterocycles. The first kappa shape index (κ1) is 12.6. The van der Waals surface area contributed by atoms with Gasteiger partial charge in [0.2, 0.25) is 5.82 Å². The highest BCUT2D eigenvalue weighted by atomic mass is 16.2. The van der Waals surface area contributed by atoms with Crippen molar-refractivity contribution in [2.24, 2.45) is 13.0 Å². The van der Waals surface area contributed by atoms with Crippen molar-refractivity contribution in [3.05, 3.63) is 22.7 Å². The lowest BCUT2D eigenvalue weighted by atomic mass is 10.2. The number of nitrogens with zero attached hydrogens (tertiary/aromatic N) is 2. The van der Waals surface area contributed by atoms with E-state index in [0.717, 1.165) is 19.3 Å². The number of rotatable bonds is 4. The van der Waals surface area contributed by atoms with Gasteiger partial charge in [-0.3, -0.25) is 10.1 Å². The van der Waals surface area contributed by atoms with Crippen molar-refractivity contribution in [3.8, 4) is 0 Å². The summed E-state index contributed by atoms with van der Waals surface area (Å²) >= 11 is 0. The van der Waals surface area contributed by atoms with Crippen LogP contribution < -0.4 is 16.2 Å². The second-order valence-corrected chi connectivity index (χ2v) is 4.68. The standard InChI is InChI=1S/C12H18N4O2/c1-3-4-8-7-9(8)14-12(18)15-10-11(17)16(2)6-5-13-10/h5-6,8-9H,3-4,7H2,1-2H3,(H2,13,14,15,18)/t8-,9-/m0/s1. The van der Waals surface area contributed by atoms with E-state index in [0.29, 0.717) is 5.92 Å². The van der Waals surface area contributed by atoms with Crippen LogP contribution in [0.2, 0.25) is 0 Å². The summed E-state index contributed by atoms with van der Waals surface area (Å²) in [6, 6.07) is -0.105. The Balaban J connectivity index is 1.88. The van der Waals surface area contributed by atoms with Crippen LogP contribution in [-0.2, 0) is 7.05 Å². The lowest BCUT2D eigenvalue weighted by molar-refractivity contribution is 0.251. The SMILES string of the molecule is CCC[C@H]1C[C@@H]1NC(=O)Nc1nccn(C)c1=O. The van der Waals surface area contributed by atoms with Crippen LogP contribution in [0, 0.1) is 5.92 Å². The van der Waals surface area contributed by atoms with E-state index in [1.807, 2.05) is 0 Å². The van der Waals surface area contributed by atoms with E-state index in [2.05, 4.69) is 22.5 Å². The molecule has 6 heteroatoms. The quantitative estimate of drug-likeness (QED) is 0.839. The van der Waals surface area contributed by atoms with Gasteiger partial charge in [-0.1, -0.05) is 13.3 Å². The maximum Gasteiger partial charge on any atom is 0.320 e. The number of hydrogen-bond acceptors (Lipinski definition) is 3. The monoisotopic (exact) mass is 250 g/mol. The van der Waals surface area contributed by atoms with Crippen molar-refractivity contribution in [2.75, 3.05) is 5.32 Å². The van der Waals surface area contributed by atoms with Crippen molar-refractivity contribution in [1.29, 1.82) is 0 Å². The zero-order valence-corrected chi connectivity index (χ0v) is 10.6. The Hall–Kier alpha value is -1.85. The van der Waals surface area contributed by atoms with Crippen molar-refractivity contribution in [3.63, 3.8) is 0 Å². The van der Waals surface area contributed by atoms with E-state index in [1.165, 1.54) is 10.8 Å². The minimum absolute atomic E-state index is 0.0604. The summed E-state index contributed by atoms with van der Waals surface area (Å²) in [5.74, 6) is 0.650. The molecule has 98 valence electrons. The summed E-state index contributed by atoms with van der Waals surface area (Å²) in [5.41, 5.74) is -0.312. The highest BCUT2D eigenvalue weighted by molar-refractivity contribution is 5.88. The molecule has 2 atom stereocenters. The molecule has 2 amide bonds. The van der Waals surface area contributed by atoms with E-state index in [1.54, 1.807) is 13.2 Å². The molecule has 0 saturated heterocycles. The summed E-state index contributed by atoms with van der Waals surface area (Å²) in [6.07, 6.45) is 6.32. The number of aromatic nitrogens is 2. The number of hydrogen-bond donors (Lipinski definition) is 2. The molecule has 2 rings (SSSR count). The molecule has 0 unspecified atom stereocenters. The number of anilines is 1. The molecule has 1 aromatic rings. The van der Waals surface area contributed by atoms with Crippen LogP contribution in [0.4, 0.5) is 10.6 Å². The molecule has 2 N–H and O–H groups in total. The first-order chi connectivity index (χ1) is 8.61. The highest BCUT2D eigenvalue weighted by Crippen LogP contribution is 2.34. The molecule has 6 nitrogen and oxygen atoms in total. The second-order valence-electron chi connectivity index (χ2n) is 4.68. The minimum atomic E-state index is -0.352. The number of carbonyl (C=O) groups excluding carboxylic acids is 1. The van der Waals surface area contributed by atoms with Gasteiger partial charge in [-0.25, -0.2) is 9.78 Å². The van der Waals surface area contributed by atoms with Crippen LogP contribution in [0.25, 0.3) is 0 Å². The predicted molar refractivity (Wildman–Crippen MR) is 68.4 cm³/mol. The van der Waals surface area contributed by atoms with Gasteiger partial charge in [0.15, 0.2) is 0 Å². The van der Waals surface area contributed by atoms with Crippen molar-refractivity contribution < 1.29 is 4.79 Å². The topological polar surface area (TPSA) is 76.0 Å². The zero-order chi connectivity index (χ0) is 13.1. The van der Waals surface area contributed by atoms with E-state index >= 15 is 0 Å². The fraction of sp³-hybridized carbons (Fsp3) is 0.583. The molecule has 0 aromatic carbocycles. The first-order valence-corrected chi connectivity index (χ1v) is 6.21. The molecule has 1 saturated carbocycles. The molecular formula is C12H18N4O2. The van der Waals surface area contributed by atoms with E-state index in [4.69, 9.17) is 0 Å². The van der Waals surface area contributed by atoms with E-state index in [9.17, 15) is 9.59 Å². The average molecular weight is 250 g/mol. The Labute approximate surface area is 105 Å². The van der Waals surface area contributed by atoms with Crippen LogP contribution in [0.5, 0.6) is 0 Å². The van der Waals surface area contributed by atoms with Gasteiger partial charge >= 0.3 is 6.03 Å². The summed E-state index contributed by atoms with van der Waals surface area (Å²) in [7, 11) is 1.62. The molecule has 1 aromatic heterocycles. The normalized spacial score (nSPS) is 21.4. The molecule has 0 spiro atoms. The fourth-order valence-corrected chi connectivity index (χ4v) is 2.01. The predicted octanol–water partition coefficient (Wildman–Crippen LogP) is 1.09. The van der Waals surface area contributed by atoms with Gasteiger partial charge in [-0.15, -0.1) is 0 Å². The van der Waals surface area contributed by atoms with Crippen molar-refractivity contribution >= 4 is 11.8 Å². The number of carbonyl (C=O) groups is 1. The van der Waals surface area contributed by atoms with Crippen LogP contribution in [0.1, 0.15) is 26.2 Å². The Morgan fingerprint density at radius 3 is 3.11 bits per heavy atom. The molecule has 0 radical (unpaired) electrons. The Morgan fingerprint density at radius 2 is 2.39 bits per heavy atom. The molecule has 0 bridgehead atoms. The summed E-state index contributed by atoms with van der Waals surface area (Å²) in [4.78, 5) is 27.2. The molecule has 1 aliphatic rings. The van der Waals surface area contributed by atoms with Gasteiger partial charge in [0.05, 0.1) is 0 Å². The fourth-order valence-electron chi connectivity index (χ4n) is 2.01. The third-order valence-electron chi connectivity index (χ3n) is 3.15. The number of nitrogens with one attached hydrogen (secondary N) is 2. The average Bonchev–Trinajstić information content (AvgIpc) is 3.03. The minimum Gasteiger partial charge on any atom is -0.335 e. The molecule has 0 aliphatic heterocycles. The smallest absolute Gasteiger partial charge is 0.320 e. The zero-order valence-electron chi connectivity index (χ0n) is 10.6. The highest BCUT2D eigenvalue weighted by Gasteiger charge is 2.37. The Bertz CT molecular complexity index is 497. The van der Waals surface area contributed by atoms with Gasteiger partial charge in [0, 0.05) is 25.5 Å². The third-order valence-corrected chi connectivity index (χ3v) is 3.15. The Kier molecular flexibility index (Phi) is 3.64. The van der Waals surface area contributed by atoms with Gasteiger partial charge < -0.3 is 9.88 Å². The van der Waals surface area contributed by atoms with Crippen molar-refractivity contribution in [1.82, 2.24) is 14.9 Å². The summed E-state index contributed by atoms with van der Waals surface area (Å²) in [5, 5.41) is 5.34. The lowest BCUT2D eigenvalue weighted by Crippen LogP contribution is -2.34. The van der Waals surface area contributed by atoms with Gasteiger partial charge in [-0.2, -0.15) is 0 Å². The number of aryl methyl sites for hydroxylation is 1. The Morgan fingerprint density at radius 1 is 1.61 bits per heavy atom. The van der Waals surface area contributed by atoms with Gasteiger partial charge in [0.1, 0.15) is 0 Å². The first-order valence-electron chi connectivity index (χ1n) is 6.21. The summed E-state index contributed by atoms with van der Waals surface area (Å²) < 4.78 is 1.37. The molecule has 1 aliphatic carbocycles. The van der Waals surface area contributed by atoms with E-state index in [-0.39, 0.29) is 23.5 Å². The van der Waals surface area contributed by atoms with E-state index < -0.39 is 0 Å². The number of urea groups is 1. The molecule has 1 fully saturated rings. The lowest BCUT2D eigenvalue weighted by Gasteiger charge is -2.06. The maximum atomic E-state index is 11.7. The van der Waals surface area contributed by atoms with Crippen LogP contribution >= 0.6 is 0 Å². The largest absolute Gasteiger partial charge is 0.335 e. The van der Waals surface area contributed by atoms with Crippen LogP contribution in [0.3, 0.4) is 0 Å². The summed E-state index contributed by atoms with van der Waals surface area (Å²) in [6.45, 7) is 2.13. The van der Waals surface area contributed by atoms with Crippen molar-refractivity contribution in [2.45, 2.75) is 32.2 Å². The molecule has 18 heavy (non-hydrogen) atoms. The van der Waals surface area contributed by atoms with Gasteiger partial charge in [0.25, 0.3) is 5.56 Å². The maximum absolute atomic E-state index is 11.7. The van der Waals surface area contributed by atoms with Gasteiger partial charge in [-0.05, 0) is 18.8 Å². The third kappa shape index (κ3) is 2.88. The second kappa shape index (κ2) is 5.20. The molecular weight excluding hydrogens is 232 g/mol. The van der Waals surface area contributed by atoms with Crippen LogP contribution in [-0.4, -0.2) is 21.6 Å².